The third-order valence-corrected chi connectivity index (χ3v) is 1.98. The van der Waals surface area contributed by atoms with Crippen LogP contribution < -0.4 is 11.1 Å². The number of carbonyl (C=O) groups excluding carboxylic acids is 1. The smallest absolute Gasteiger partial charge is 0.221 e. The minimum Gasteiger partial charge on any atom is -0.399 e. The summed E-state index contributed by atoms with van der Waals surface area (Å²) in [5.74, 6) is 0.324. The van der Waals surface area contributed by atoms with Gasteiger partial charge >= 0.3 is 0 Å². The van der Waals surface area contributed by atoms with Crippen molar-refractivity contribution in [3.05, 3.63) is 29.8 Å². The van der Waals surface area contributed by atoms with Crippen LogP contribution >= 0.6 is 11.6 Å². The molecule has 3 N–H and O–H groups in total. The minimum absolute atomic E-state index is 0.0307. The van der Waals surface area contributed by atoms with E-state index in [4.69, 9.17) is 17.3 Å². The Bertz CT molecular complexity index is 297. The first kappa shape index (κ1) is 10.9. The zero-order valence-electron chi connectivity index (χ0n) is 7.79. The van der Waals surface area contributed by atoms with Crippen molar-refractivity contribution in [1.29, 1.82) is 0 Å². The van der Waals surface area contributed by atoms with Crippen LogP contribution in [-0.4, -0.2) is 11.8 Å². The van der Waals surface area contributed by atoms with Gasteiger partial charge in [-0.05, 0) is 17.7 Å². The van der Waals surface area contributed by atoms with Crippen molar-refractivity contribution < 1.29 is 4.79 Å². The Morgan fingerprint density at radius 2 is 2.00 bits per heavy atom. The number of hydrogen-bond donors (Lipinski definition) is 2. The molecule has 14 heavy (non-hydrogen) atoms. The van der Waals surface area contributed by atoms with Gasteiger partial charge in [-0.25, -0.2) is 0 Å². The molecule has 76 valence electrons. The zero-order valence-corrected chi connectivity index (χ0v) is 8.55. The molecule has 1 amide bonds. The number of nitrogen functional groups attached to an aromatic ring is 1. The van der Waals surface area contributed by atoms with Gasteiger partial charge in [-0.2, -0.15) is 0 Å². The molecule has 0 fully saturated rings. The lowest BCUT2D eigenvalue weighted by molar-refractivity contribution is -0.120. The molecule has 0 bridgehead atoms. The second kappa shape index (κ2) is 5.50. The molecule has 0 saturated heterocycles. The Balaban J connectivity index is 2.38. The molecule has 1 aromatic rings. The fraction of sp³-hybridized carbons (Fsp3) is 0.300. The number of anilines is 1. The van der Waals surface area contributed by atoms with Gasteiger partial charge < -0.3 is 11.1 Å². The third-order valence-electron chi connectivity index (χ3n) is 1.79. The van der Waals surface area contributed by atoms with Crippen molar-refractivity contribution in [1.82, 2.24) is 5.32 Å². The van der Waals surface area contributed by atoms with Crippen LogP contribution in [0, 0.1) is 0 Å². The molecule has 1 rings (SSSR count). The molecule has 0 radical (unpaired) electrons. The number of amides is 1. The van der Waals surface area contributed by atoms with Crippen LogP contribution in [0.25, 0.3) is 0 Å². The monoisotopic (exact) mass is 212 g/mol. The third kappa shape index (κ3) is 3.66. The van der Waals surface area contributed by atoms with Crippen LogP contribution in [0.4, 0.5) is 5.69 Å². The first-order valence-corrected chi connectivity index (χ1v) is 4.93. The molecular weight excluding hydrogens is 200 g/mol. The molecule has 0 aliphatic carbocycles. The number of nitrogens with one attached hydrogen (secondary N) is 1. The SMILES string of the molecule is Nc1ccc(CNC(=O)CCCl)cc1. The first-order chi connectivity index (χ1) is 6.72. The Labute approximate surface area is 88.2 Å². The van der Waals surface area contributed by atoms with Gasteiger partial charge in [0.05, 0.1) is 0 Å². The van der Waals surface area contributed by atoms with E-state index in [-0.39, 0.29) is 5.91 Å². The summed E-state index contributed by atoms with van der Waals surface area (Å²) in [7, 11) is 0. The van der Waals surface area contributed by atoms with Crippen molar-refractivity contribution in [2.75, 3.05) is 11.6 Å². The van der Waals surface area contributed by atoms with Gasteiger partial charge in [0.2, 0.25) is 5.91 Å². The van der Waals surface area contributed by atoms with E-state index in [0.717, 1.165) is 11.3 Å². The maximum atomic E-state index is 11.1. The van der Waals surface area contributed by atoms with Gasteiger partial charge in [0, 0.05) is 24.5 Å². The molecule has 0 aliphatic rings. The predicted molar refractivity (Wildman–Crippen MR) is 58.0 cm³/mol. The molecule has 4 heteroatoms. The number of hydrogen-bond acceptors (Lipinski definition) is 2. The number of carbonyl (C=O) groups is 1. The van der Waals surface area contributed by atoms with Crippen molar-refractivity contribution in [3.8, 4) is 0 Å². The standard InChI is InChI=1S/C10H13ClN2O/c11-6-5-10(14)13-7-8-1-3-9(12)4-2-8/h1-4H,5-7,12H2,(H,13,14). The largest absolute Gasteiger partial charge is 0.399 e. The predicted octanol–water partition coefficient (Wildman–Crippen LogP) is 1.51. The number of benzene rings is 1. The van der Waals surface area contributed by atoms with Crippen LogP contribution in [-0.2, 0) is 11.3 Å². The first-order valence-electron chi connectivity index (χ1n) is 4.39. The summed E-state index contributed by atoms with van der Waals surface area (Å²) < 4.78 is 0. The Morgan fingerprint density at radius 1 is 1.36 bits per heavy atom. The summed E-state index contributed by atoms with van der Waals surface area (Å²) in [4.78, 5) is 11.1. The van der Waals surface area contributed by atoms with Gasteiger partial charge in [0.1, 0.15) is 0 Å². The van der Waals surface area contributed by atoms with Gasteiger partial charge in [0.15, 0.2) is 0 Å². The maximum Gasteiger partial charge on any atom is 0.221 e. The molecule has 1 aromatic carbocycles. The molecule has 0 aliphatic heterocycles. The van der Waals surface area contributed by atoms with Crippen LogP contribution in [0.5, 0.6) is 0 Å². The summed E-state index contributed by atoms with van der Waals surface area (Å²) in [5, 5.41) is 2.76. The Hall–Kier alpha value is -1.22. The normalized spacial score (nSPS) is 9.79. The lowest BCUT2D eigenvalue weighted by Crippen LogP contribution is -2.22. The lowest BCUT2D eigenvalue weighted by Gasteiger charge is -2.04. The van der Waals surface area contributed by atoms with E-state index in [2.05, 4.69) is 5.32 Å². The average molecular weight is 213 g/mol. The van der Waals surface area contributed by atoms with E-state index in [1.807, 2.05) is 24.3 Å². The highest BCUT2D eigenvalue weighted by Gasteiger charge is 1.99. The highest BCUT2D eigenvalue weighted by Crippen LogP contribution is 2.04. The highest BCUT2D eigenvalue weighted by atomic mass is 35.5. The highest BCUT2D eigenvalue weighted by molar-refractivity contribution is 6.18. The van der Waals surface area contributed by atoms with Gasteiger partial charge in [-0.1, -0.05) is 12.1 Å². The number of nitrogens with two attached hydrogens (primary N) is 1. The quantitative estimate of drug-likeness (QED) is 0.587. The van der Waals surface area contributed by atoms with Gasteiger partial charge in [-0.3, -0.25) is 4.79 Å². The van der Waals surface area contributed by atoms with Gasteiger partial charge in [-0.15, -0.1) is 11.6 Å². The average Bonchev–Trinajstić information content (AvgIpc) is 2.17. The topological polar surface area (TPSA) is 55.1 Å². The van der Waals surface area contributed by atoms with Gasteiger partial charge in [0.25, 0.3) is 0 Å². The van der Waals surface area contributed by atoms with Crippen molar-refractivity contribution >= 4 is 23.2 Å². The van der Waals surface area contributed by atoms with Crippen LogP contribution in [0.2, 0.25) is 0 Å². The second-order valence-corrected chi connectivity index (χ2v) is 3.34. The molecule has 0 spiro atoms. The maximum absolute atomic E-state index is 11.1. The fourth-order valence-electron chi connectivity index (χ4n) is 1.01. The van der Waals surface area contributed by atoms with Crippen molar-refractivity contribution in [3.63, 3.8) is 0 Å². The molecule has 0 saturated carbocycles. The molecular formula is C10H13ClN2O. The molecule has 0 unspecified atom stereocenters. The summed E-state index contributed by atoms with van der Waals surface area (Å²) in [5.41, 5.74) is 7.28. The van der Waals surface area contributed by atoms with Crippen molar-refractivity contribution in [2.24, 2.45) is 0 Å². The van der Waals surface area contributed by atoms with E-state index in [0.29, 0.717) is 18.8 Å². The number of rotatable bonds is 4. The number of alkyl halides is 1. The summed E-state index contributed by atoms with van der Waals surface area (Å²) in [6, 6.07) is 7.39. The van der Waals surface area contributed by atoms with Crippen LogP contribution in [0.1, 0.15) is 12.0 Å². The second-order valence-electron chi connectivity index (χ2n) is 2.96. The van der Waals surface area contributed by atoms with E-state index in [1.54, 1.807) is 0 Å². The molecule has 3 nitrogen and oxygen atoms in total. The summed E-state index contributed by atoms with van der Waals surface area (Å²) in [6.07, 6.45) is 0.358. The minimum atomic E-state index is -0.0307. The summed E-state index contributed by atoms with van der Waals surface area (Å²) >= 11 is 5.42. The van der Waals surface area contributed by atoms with Crippen LogP contribution in [0.3, 0.4) is 0 Å². The molecule has 0 atom stereocenters. The van der Waals surface area contributed by atoms with E-state index < -0.39 is 0 Å². The zero-order chi connectivity index (χ0) is 10.4. The molecule has 0 aromatic heterocycles. The Morgan fingerprint density at radius 3 is 2.57 bits per heavy atom. The van der Waals surface area contributed by atoms with E-state index >= 15 is 0 Å². The van der Waals surface area contributed by atoms with Crippen molar-refractivity contribution in [2.45, 2.75) is 13.0 Å². The van der Waals surface area contributed by atoms with E-state index in [9.17, 15) is 4.79 Å². The fourth-order valence-corrected chi connectivity index (χ4v) is 1.18. The lowest BCUT2D eigenvalue weighted by atomic mass is 10.2. The summed E-state index contributed by atoms with van der Waals surface area (Å²) in [6.45, 7) is 0.524. The number of halogens is 1. The van der Waals surface area contributed by atoms with E-state index in [1.165, 1.54) is 0 Å². The Kier molecular flexibility index (Phi) is 4.26. The molecule has 0 heterocycles. The van der Waals surface area contributed by atoms with Crippen LogP contribution in [0.15, 0.2) is 24.3 Å².